The van der Waals surface area contributed by atoms with Gasteiger partial charge in [0.2, 0.25) is 5.91 Å². The number of carboxylic acids is 1. The van der Waals surface area contributed by atoms with Gasteiger partial charge < -0.3 is 19.6 Å². The molecule has 1 aliphatic rings. The summed E-state index contributed by atoms with van der Waals surface area (Å²) >= 11 is 0. The van der Waals surface area contributed by atoms with E-state index in [0.29, 0.717) is 18.6 Å². The Hall–Kier alpha value is -2.04. The van der Waals surface area contributed by atoms with Crippen molar-refractivity contribution >= 4 is 11.9 Å². The van der Waals surface area contributed by atoms with E-state index < -0.39 is 17.8 Å². The predicted molar refractivity (Wildman–Crippen MR) is 70.1 cm³/mol. The van der Waals surface area contributed by atoms with E-state index in [0.717, 1.165) is 11.1 Å². The van der Waals surface area contributed by atoms with Gasteiger partial charge in [-0.3, -0.25) is 4.79 Å². The van der Waals surface area contributed by atoms with Crippen molar-refractivity contribution < 1.29 is 19.1 Å². The topological polar surface area (TPSA) is 82.4 Å². The summed E-state index contributed by atoms with van der Waals surface area (Å²) in [6.07, 6.45) is 2.38. The third-order valence-electron chi connectivity index (χ3n) is 3.92. The number of hydrogen-bond donors (Lipinski definition) is 1. The number of aliphatic carboxylic acids is 1. The molecule has 0 bridgehead atoms. The van der Waals surface area contributed by atoms with Crippen LogP contribution in [0.4, 0.5) is 0 Å². The lowest BCUT2D eigenvalue weighted by Crippen LogP contribution is -2.44. The second-order valence-corrected chi connectivity index (χ2v) is 5.30. The second kappa shape index (κ2) is 5.94. The molecule has 1 aromatic rings. The van der Waals surface area contributed by atoms with Crippen LogP contribution in [0.5, 0.6) is 0 Å². The van der Waals surface area contributed by atoms with Crippen molar-refractivity contribution in [2.75, 3.05) is 0 Å². The van der Waals surface area contributed by atoms with Crippen LogP contribution < -0.4 is 10.4 Å². The summed E-state index contributed by atoms with van der Waals surface area (Å²) in [5.41, 5.74) is 2.12. The van der Waals surface area contributed by atoms with Gasteiger partial charge in [0.15, 0.2) is 0 Å². The Balaban J connectivity index is 2.04. The smallest absolute Gasteiger partial charge is 0.224 e. The first kappa shape index (κ1) is 14.4. The summed E-state index contributed by atoms with van der Waals surface area (Å²) in [6, 6.07) is 3.50. The number of carboxylic acid groups (broad SMARTS) is 1. The van der Waals surface area contributed by atoms with Crippen LogP contribution in [0.3, 0.4) is 0 Å². The highest BCUT2D eigenvalue weighted by Crippen LogP contribution is 2.33. The molecule has 0 fully saturated rings. The molecule has 1 aliphatic carbocycles. The SMILES string of the molecule is CC1=C(C)C[C@H](C(=O)NCc2ccco2)[C@@H](C(=O)[O-])C1. The highest BCUT2D eigenvalue weighted by atomic mass is 16.4. The van der Waals surface area contributed by atoms with Crippen molar-refractivity contribution in [1.29, 1.82) is 0 Å². The Labute approximate surface area is 117 Å². The molecule has 2 atom stereocenters. The zero-order valence-corrected chi connectivity index (χ0v) is 11.6. The van der Waals surface area contributed by atoms with Gasteiger partial charge in [-0.1, -0.05) is 11.1 Å². The Morgan fingerprint density at radius 1 is 1.30 bits per heavy atom. The molecule has 0 unspecified atom stereocenters. The van der Waals surface area contributed by atoms with Crippen LogP contribution in [0, 0.1) is 11.8 Å². The van der Waals surface area contributed by atoms with E-state index in [9.17, 15) is 14.7 Å². The molecule has 0 radical (unpaired) electrons. The van der Waals surface area contributed by atoms with Crippen LogP contribution in [-0.4, -0.2) is 11.9 Å². The molecule has 0 aromatic carbocycles. The summed E-state index contributed by atoms with van der Waals surface area (Å²) in [5.74, 6) is -2.10. The van der Waals surface area contributed by atoms with Gasteiger partial charge in [-0.2, -0.15) is 0 Å². The van der Waals surface area contributed by atoms with Gasteiger partial charge in [-0.25, -0.2) is 0 Å². The highest BCUT2D eigenvalue weighted by Gasteiger charge is 2.33. The Bertz CT molecular complexity index is 530. The molecule has 20 heavy (non-hydrogen) atoms. The van der Waals surface area contributed by atoms with E-state index in [1.165, 1.54) is 6.26 Å². The average molecular weight is 276 g/mol. The van der Waals surface area contributed by atoms with E-state index in [-0.39, 0.29) is 12.5 Å². The van der Waals surface area contributed by atoms with Crippen molar-refractivity contribution in [3.63, 3.8) is 0 Å². The fourth-order valence-corrected chi connectivity index (χ4v) is 2.53. The lowest BCUT2D eigenvalue weighted by Gasteiger charge is -2.32. The zero-order chi connectivity index (χ0) is 14.7. The Morgan fingerprint density at radius 3 is 2.50 bits per heavy atom. The van der Waals surface area contributed by atoms with Crippen molar-refractivity contribution in [2.45, 2.75) is 33.2 Å². The molecule has 5 heteroatoms. The van der Waals surface area contributed by atoms with Gasteiger partial charge in [0.1, 0.15) is 5.76 Å². The van der Waals surface area contributed by atoms with Gasteiger partial charge in [-0.15, -0.1) is 0 Å². The molecule has 1 aromatic heterocycles. The molecular weight excluding hydrogens is 258 g/mol. The molecule has 0 saturated heterocycles. The van der Waals surface area contributed by atoms with E-state index in [1.54, 1.807) is 12.1 Å². The maximum atomic E-state index is 12.2. The van der Waals surface area contributed by atoms with Gasteiger partial charge >= 0.3 is 0 Å². The first-order valence-corrected chi connectivity index (χ1v) is 6.65. The molecule has 0 saturated carbocycles. The van der Waals surface area contributed by atoms with Crippen LogP contribution in [0.15, 0.2) is 34.0 Å². The minimum atomic E-state index is -1.16. The largest absolute Gasteiger partial charge is 0.550 e. The number of nitrogens with one attached hydrogen (secondary N) is 1. The third kappa shape index (κ3) is 3.10. The summed E-state index contributed by atoms with van der Waals surface area (Å²) in [6.45, 7) is 4.11. The monoisotopic (exact) mass is 276 g/mol. The number of allylic oxidation sites excluding steroid dienone is 2. The highest BCUT2D eigenvalue weighted by molar-refractivity contribution is 5.85. The lowest BCUT2D eigenvalue weighted by atomic mass is 9.76. The van der Waals surface area contributed by atoms with Crippen LogP contribution in [0.2, 0.25) is 0 Å². The minimum Gasteiger partial charge on any atom is -0.550 e. The first-order valence-electron chi connectivity index (χ1n) is 6.65. The third-order valence-corrected chi connectivity index (χ3v) is 3.92. The van der Waals surface area contributed by atoms with Crippen LogP contribution in [0.25, 0.3) is 0 Å². The van der Waals surface area contributed by atoms with Crippen molar-refractivity contribution in [2.24, 2.45) is 11.8 Å². The van der Waals surface area contributed by atoms with E-state index in [4.69, 9.17) is 4.42 Å². The number of carbonyl (C=O) groups excluding carboxylic acids is 2. The number of hydrogen-bond acceptors (Lipinski definition) is 4. The van der Waals surface area contributed by atoms with Crippen LogP contribution in [-0.2, 0) is 16.1 Å². The van der Waals surface area contributed by atoms with E-state index in [1.807, 2.05) is 13.8 Å². The van der Waals surface area contributed by atoms with Crippen LogP contribution >= 0.6 is 0 Å². The molecule has 2 rings (SSSR count). The number of carbonyl (C=O) groups is 2. The molecule has 5 nitrogen and oxygen atoms in total. The first-order chi connectivity index (χ1) is 9.49. The predicted octanol–water partition coefficient (Wildman–Crippen LogP) is 1.01. The lowest BCUT2D eigenvalue weighted by molar-refractivity contribution is -0.313. The quantitative estimate of drug-likeness (QED) is 0.832. The zero-order valence-electron chi connectivity index (χ0n) is 11.6. The molecule has 0 spiro atoms. The molecular formula is C15H18NO4-. The molecule has 1 N–H and O–H groups in total. The minimum absolute atomic E-state index is 0.262. The fraction of sp³-hybridized carbons (Fsp3) is 0.467. The normalized spacial score (nSPS) is 22.7. The van der Waals surface area contributed by atoms with E-state index >= 15 is 0 Å². The molecule has 1 heterocycles. The standard InChI is InChI=1S/C15H19NO4/c1-9-6-12(13(15(18)19)7-10(9)2)14(17)16-8-11-4-3-5-20-11/h3-5,12-13H,6-8H2,1-2H3,(H,16,17)(H,18,19)/p-1/t12-,13-/m0/s1. The number of furan rings is 1. The Kier molecular flexibility index (Phi) is 4.27. The van der Waals surface area contributed by atoms with Crippen molar-refractivity contribution in [3.8, 4) is 0 Å². The summed E-state index contributed by atoms with van der Waals surface area (Å²) < 4.78 is 5.13. The van der Waals surface area contributed by atoms with Crippen LogP contribution in [0.1, 0.15) is 32.4 Å². The maximum absolute atomic E-state index is 12.2. The molecule has 108 valence electrons. The molecule has 1 amide bonds. The molecule has 0 aliphatic heterocycles. The number of rotatable bonds is 4. The fourth-order valence-electron chi connectivity index (χ4n) is 2.53. The van der Waals surface area contributed by atoms with Crippen molar-refractivity contribution in [1.82, 2.24) is 5.32 Å². The average Bonchev–Trinajstić information content (AvgIpc) is 2.91. The van der Waals surface area contributed by atoms with Crippen molar-refractivity contribution in [3.05, 3.63) is 35.3 Å². The summed E-state index contributed by atoms with van der Waals surface area (Å²) in [4.78, 5) is 23.4. The van der Waals surface area contributed by atoms with Gasteiger partial charge in [0.05, 0.1) is 12.8 Å². The summed E-state index contributed by atoms with van der Waals surface area (Å²) in [5, 5.41) is 14.0. The van der Waals surface area contributed by atoms with Gasteiger partial charge in [0.25, 0.3) is 0 Å². The van der Waals surface area contributed by atoms with Gasteiger partial charge in [-0.05, 0) is 38.8 Å². The maximum Gasteiger partial charge on any atom is 0.224 e. The van der Waals surface area contributed by atoms with Gasteiger partial charge in [0, 0.05) is 17.8 Å². The summed E-state index contributed by atoms with van der Waals surface area (Å²) in [7, 11) is 0. The second-order valence-electron chi connectivity index (χ2n) is 5.30. The van der Waals surface area contributed by atoms with E-state index in [2.05, 4.69) is 5.32 Å². The Morgan fingerprint density at radius 2 is 1.95 bits per heavy atom. The number of amides is 1.